The lowest BCUT2D eigenvalue weighted by Crippen LogP contribution is -2.48. The maximum atomic E-state index is 12.0. The van der Waals surface area contributed by atoms with Crippen LogP contribution in [-0.2, 0) is 14.3 Å². The van der Waals surface area contributed by atoms with Crippen LogP contribution in [0.3, 0.4) is 0 Å². The fourth-order valence-electron chi connectivity index (χ4n) is 2.99. The molecule has 2 rings (SSSR count). The predicted octanol–water partition coefficient (Wildman–Crippen LogP) is 1.41. The molecule has 1 unspecified atom stereocenters. The number of imide groups is 1. The van der Waals surface area contributed by atoms with E-state index in [1.807, 2.05) is 0 Å². The van der Waals surface area contributed by atoms with E-state index in [0.29, 0.717) is 0 Å². The zero-order valence-corrected chi connectivity index (χ0v) is 16.5. The van der Waals surface area contributed by atoms with Gasteiger partial charge in [0.25, 0.3) is 17.5 Å². The molecule has 0 aromatic heterocycles. The molecule has 30 heavy (non-hydrogen) atoms. The van der Waals surface area contributed by atoms with E-state index in [1.165, 1.54) is 25.1 Å². The summed E-state index contributed by atoms with van der Waals surface area (Å²) in [5.74, 6) is -2.40. The number of carbonyl (C=O) groups excluding carboxylic acids is 4. The molecular weight excluding hydrogens is 396 g/mol. The van der Waals surface area contributed by atoms with Crippen LogP contribution in [0.15, 0.2) is 24.3 Å². The first-order valence-electron chi connectivity index (χ1n) is 9.59. The summed E-state index contributed by atoms with van der Waals surface area (Å²) in [4.78, 5) is 57.8. The number of hydrogen-bond donors (Lipinski definition) is 3. The molecule has 1 aromatic carbocycles. The van der Waals surface area contributed by atoms with Gasteiger partial charge in [-0.2, -0.15) is 0 Å². The molecule has 11 nitrogen and oxygen atoms in total. The Kier molecular flexibility index (Phi) is 8.27. The standard InChI is InChI=1S/C19H24N4O7/c1-12(17(25)22-19(27)21-14-7-3-2-4-8-14)30-16(24)11-20-18(26)13-6-5-9-15(10-13)23(28)29/h5-6,9-10,12,14H,2-4,7-8,11H2,1H3,(H,20,26)(H2,21,22,25,27). The summed E-state index contributed by atoms with van der Waals surface area (Å²) in [6, 6.07) is 4.38. The zero-order valence-electron chi connectivity index (χ0n) is 16.5. The lowest BCUT2D eigenvalue weighted by Gasteiger charge is -2.23. The SMILES string of the molecule is CC(OC(=O)CNC(=O)c1cccc([N+](=O)[O-])c1)C(=O)NC(=O)NC1CCCCC1. The maximum absolute atomic E-state index is 12.0. The Hall–Kier alpha value is -3.50. The maximum Gasteiger partial charge on any atom is 0.326 e. The minimum atomic E-state index is -1.25. The highest BCUT2D eigenvalue weighted by molar-refractivity contribution is 5.98. The van der Waals surface area contributed by atoms with Gasteiger partial charge < -0.3 is 15.4 Å². The van der Waals surface area contributed by atoms with Crippen molar-refractivity contribution in [2.75, 3.05) is 6.54 Å². The van der Waals surface area contributed by atoms with Crippen molar-refractivity contribution in [1.29, 1.82) is 0 Å². The van der Waals surface area contributed by atoms with Crippen LogP contribution >= 0.6 is 0 Å². The van der Waals surface area contributed by atoms with Crippen molar-refractivity contribution in [3.05, 3.63) is 39.9 Å². The molecule has 3 N–H and O–H groups in total. The lowest BCUT2D eigenvalue weighted by atomic mass is 9.96. The van der Waals surface area contributed by atoms with Crippen molar-refractivity contribution in [3.8, 4) is 0 Å². The monoisotopic (exact) mass is 420 g/mol. The molecule has 1 aromatic rings. The van der Waals surface area contributed by atoms with Gasteiger partial charge in [0.05, 0.1) is 4.92 Å². The van der Waals surface area contributed by atoms with Crippen molar-refractivity contribution in [2.45, 2.75) is 51.2 Å². The van der Waals surface area contributed by atoms with Gasteiger partial charge in [0.2, 0.25) is 0 Å². The van der Waals surface area contributed by atoms with Gasteiger partial charge in [-0.1, -0.05) is 25.3 Å². The van der Waals surface area contributed by atoms with E-state index in [4.69, 9.17) is 4.74 Å². The van der Waals surface area contributed by atoms with Crippen LogP contribution in [0.4, 0.5) is 10.5 Å². The number of carbonyl (C=O) groups is 4. The molecule has 1 aliphatic rings. The summed E-state index contributed by atoms with van der Waals surface area (Å²) in [5, 5.41) is 17.8. The summed E-state index contributed by atoms with van der Waals surface area (Å²) in [6.07, 6.45) is 3.64. The highest BCUT2D eigenvalue weighted by Gasteiger charge is 2.22. The average molecular weight is 420 g/mol. The van der Waals surface area contributed by atoms with Gasteiger partial charge in [0, 0.05) is 23.7 Å². The number of hydrogen-bond acceptors (Lipinski definition) is 7. The summed E-state index contributed by atoms with van der Waals surface area (Å²) in [6.45, 7) is 0.747. The second-order valence-corrected chi connectivity index (χ2v) is 6.92. The van der Waals surface area contributed by atoms with E-state index in [2.05, 4.69) is 16.0 Å². The molecule has 162 valence electrons. The summed E-state index contributed by atoms with van der Waals surface area (Å²) in [5.41, 5.74) is -0.260. The quantitative estimate of drug-likeness (QED) is 0.342. The first-order chi connectivity index (χ1) is 14.3. The number of non-ortho nitro benzene ring substituents is 1. The van der Waals surface area contributed by atoms with Crippen molar-refractivity contribution >= 4 is 29.5 Å². The fourth-order valence-corrected chi connectivity index (χ4v) is 2.99. The molecule has 4 amide bonds. The molecular formula is C19H24N4O7. The van der Waals surface area contributed by atoms with Gasteiger partial charge in [0.15, 0.2) is 6.10 Å². The van der Waals surface area contributed by atoms with Gasteiger partial charge in [0.1, 0.15) is 6.54 Å². The average Bonchev–Trinajstić information content (AvgIpc) is 2.72. The third-order valence-electron chi connectivity index (χ3n) is 4.57. The number of benzene rings is 1. The van der Waals surface area contributed by atoms with Gasteiger partial charge in [-0.3, -0.25) is 29.8 Å². The number of nitrogens with zero attached hydrogens (tertiary/aromatic N) is 1. The van der Waals surface area contributed by atoms with E-state index >= 15 is 0 Å². The van der Waals surface area contributed by atoms with Crippen LogP contribution in [-0.4, -0.2) is 47.4 Å². The number of esters is 1. The number of nitro benzene ring substituents is 1. The Morgan fingerprint density at radius 2 is 1.90 bits per heavy atom. The van der Waals surface area contributed by atoms with Crippen LogP contribution < -0.4 is 16.0 Å². The number of rotatable bonds is 7. The number of urea groups is 1. The van der Waals surface area contributed by atoms with Crippen LogP contribution in [0.25, 0.3) is 0 Å². The summed E-state index contributed by atoms with van der Waals surface area (Å²) in [7, 11) is 0. The highest BCUT2D eigenvalue weighted by atomic mass is 16.6. The topological polar surface area (TPSA) is 157 Å². The third-order valence-corrected chi connectivity index (χ3v) is 4.57. The molecule has 1 fully saturated rings. The highest BCUT2D eigenvalue weighted by Crippen LogP contribution is 2.17. The largest absolute Gasteiger partial charge is 0.451 e. The van der Waals surface area contributed by atoms with Crippen LogP contribution in [0, 0.1) is 10.1 Å². The Balaban J connectivity index is 1.74. The molecule has 0 radical (unpaired) electrons. The Labute approximate surface area is 172 Å². The minimum Gasteiger partial charge on any atom is -0.451 e. The van der Waals surface area contributed by atoms with E-state index in [9.17, 15) is 29.3 Å². The van der Waals surface area contributed by atoms with Gasteiger partial charge >= 0.3 is 12.0 Å². The summed E-state index contributed by atoms with van der Waals surface area (Å²) >= 11 is 0. The minimum absolute atomic E-state index is 0.00201. The van der Waals surface area contributed by atoms with Crippen molar-refractivity contribution in [2.24, 2.45) is 0 Å². The van der Waals surface area contributed by atoms with Crippen molar-refractivity contribution in [1.82, 2.24) is 16.0 Å². The summed E-state index contributed by atoms with van der Waals surface area (Å²) < 4.78 is 4.90. The molecule has 0 saturated heterocycles. The van der Waals surface area contributed by atoms with E-state index in [1.54, 1.807) is 0 Å². The van der Waals surface area contributed by atoms with Gasteiger partial charge in [-0.05, 0) is 25.8 Å². The predicted molar refractivity (Wildman–Crippen MR) is 105 cm³/mol. The first kappa shape index (κ1) is 22.8. The third kappa shape index (κ3) is 7.15. The fraction of sp³-hybridized carbons (Fsp3) is 0.474. The number of amides is 4. The second kappa shape index (κ2) is 10.9. The van der Waals surface area contributed by atoms with Crippen LogP contribution in [0.1, 0.15) is 49.4 Å². The molecule has 1 atom stereocenters. The number of nitrogens with one attached hydrogen (secondary N) is 3. The molecule has 0 spiro atoms. The molecule has 1 saturated carbocycles. The Morgan fingerprint density at radius 1 is 1.20 bits per heavy atom. The van der Waals surface area contributed by atoms with E-state index in [-0.39, 0.29) is 17.3 Å². The molecule has 0 aliphatic heterocycles. The molecule has 0 bridgehead atoms. The zero-order chi connectivity index (χ0) is 22.1. The smallest absolute Gasteiger partial charge is 0.326 e. The Bertz CT molecular complexity index is 821. The second-order valence-electron chi connectivity index (χ2n) is 6.92. The first-order valence-corrected chi connectivity index (χ1v) is 9.59. The normalized spacial score (nSPS) is 14.8. The van der Waals surface area contributed by atoms with E-state index < -0.39 is 41.4 Å². The lowest BCUT2D eigenvalue weighted by molar-refractivity contribution is -0.384. The number of nitro groups is 1. The van der Waals surface area contributed by atoms with Crippen molar-refractivity contribution < 1.29 is 28.8 Å². The Morgan fingerprint density at radius 3 is 2.57 bits per heavy atom. The molecule has 1 aliphatic carbocycles. The van der Waals surface area contributed by atoms with Gasteiger partial charge in [-0.25, -0.2) is 4.79 Å². The number of ether oxygens (including phenoxy) is 1. The van der Waals surface area contributed by atoms with Crippen molar-refractivity contribution in [3.63, 3.8) is 0 Å². The molecule has 11 heteroatoms. The van der Waals surface area contributed by atoms with Crippen LogP contribution in [0.2, 0.25) is 0 Å². The molecule has 0 heterocycles. The van der Waals surface area contributed by atoms with Crippen LogP contribution in [0.5, 0.6) is 0 Å². The van der Waals surface area contributed by atoms with Gasteiger partial charge in [-0.15, -0.1) is 0 Å². The van der Waals surface area contributed by atoms with E-state index in [0.717, 1.165) is 38.2 Å².